The second-order valence-electron chi connectivity index (χ2n) is 8.69. The van der Waals surface area contributed by atoms with Crippen molar-refractivity contribution in [2.24, 2.45) is 29.1 Å². The molecule has 3 saturated carbocycles. The monoisotopic (exact) mass is 292 g/mol. The number of hydrogen-bond acceptors (Lipinski definition) is 3. The van der Waals surface area contributed by atoms with Gasteiger partial charge in [-0.1, -0.05) is 20.4 Å². The fourth-order valence-corrected chi connectivity index (χ4v) is 5.33. The molecule has 1 heterocycles. The lowest BCUT2D eigenvalue weighted by molar-refractivity contribution is -0.298. The highest BCUT2D eigenvalue weighted by molar-refractivity contribution is 5.14. The summed E-state index contributed by atoms with van der Waals surface area (Å²) in [6.07, 6.45) is 5.12. The van der Waals surface area contributed by atoms with Gasteiger partial charge in [-0.25, -0.2) is 0 Å². The number of hydrogen-bond donors (Lipinski definition) is 1. The first-order valence-corrected chi connectivity index (χ1v) is 8.53. The Kier molecular flexibility index (Phi) is 3.09. The van der Waals surface area contributed by atoms with Crippen LogP contribution in [0.15, 0.2) is 12.2 Å². The first-order valence-electron chi connectivity index (χ1n) is 8.53. The number of ether oxygens (including phenoxy) is 2. The van der Waals surface area contributed by atoms with E-state index in [1.165, 1.54) is 6.42 Å². The molecule has 4 rings (SSSR count). The van der Waals surface area contributed by atoms with Crippen molar-refractivity contribution in [1.82, 2.24) is 0 Å². The third-order valence-electron chi connectivity index (χ3n) is 6.47. The third kappa shape index (κ3) is 2.20. The maximum atomic E-state index is 10.4. The zero-order valence-corrected chi connectivity index (χ0v) is 13.3. The van der Waals surface area contributed by atoms with E-state index in [1.54, 1.807) is 0 Å². The lowest BCUT2D eigenvalue weighted by Crippen LogP contribution is -2.47. The van der Waals surface area contributed by atoms with E-state index in [9.17, 15) is 5.11 Å². The van der Waals surface area contributed by atoms with Crippen molar-refractivity contribution in [2.75, 3.05) is 13.2 Å². The van der Waals surface area contributed by atoms with Gasteiger partial charge in [-0.05, 0) is 48.5 Å². The van der Waals surface area contributed by atoms with Crippen LogP contribution in [-0.4, -0.2) is 30.2 Å². The zero-order chi connectivity index (χ0) is 14.8. The molecule has 0 unspecified atom stereocenters. The fourth-order valence-electron chi connectivity index (χ4n) is 5.33. The smallest absolute Gasteiger partial charge is 0.168 e. The quantitative estimate of drug-likeness (QED) is 0.697. The predicted octanol–water partition coefficient (Wildman–Crippen LogP) is 3.13. The van der Waals surface area contributed by atoms with Crippen molar-refractivity contribution in [3.05, 3.63) is 12.2 Å². The summed E-state index contributed by atoms with van der Waals surface area (Å²) in [5.41, 5.74) is 1.20. The van der Waals surface area contributed by atoms with Crippen molar-refractivity contribution >= 4 is 0 Å². The summed E-state index contributed by atoms with van der Waals surface area (Å²) in [5, 5.41) is 10.4. The summed E-state index contributed by atoms with van der Waals surface area (Å²) >= 11 is 0. The molecule has 4 fully saturated rings. The molecule has 1 aliphatic heterocycles. The van der Waals surface area contributed by atoms with Crippen LogP contribution in [0.2, 0.25) is 0 Å². The molecule has 3 heteroatoms. The highest BCUT2D eigenvalue weighted by Crippen LogP contribution is 2.60. The second kappa shape index (κ2) is 4.56. The molecule has 4 aliphatic rings. The minimum absolute atomic E-state index is 0.143. The standard InChI is InChI=1S/C18H28O3/c1-11-4-5-13-14(16(11)19)6-12-7-18(8-15(12)13)20-9-17(2,3)10-21-18/h12-16,19H,1,4-10H2,2-3H3/t12-,13+,14-,15+,16-/m0/s1. The molecule has 0 aromatic rings. The van der Waals surface area contributed by atoms with Crippen LogP contribution >= 0.6 is 0 Å². The van der Waals surface area contributed by atoms with Gasteiger partial charge >= 0.3 is 0 Å². The van der Waals surface area contributed by atoms with Gasteiger partial charge < -0.3 is 14.6 Å². The first kappa shape index (κ1) is 14.2. The van der Waals surface area contributed by atoms with Crippen LogP contribution in [0.1, 0.15) is 46.0 Å². The molecule has 1 saturated heterocycles. The Balaban J connectivity index is 1.48. The largest absolute Gasteiger partial charge is 0.388 e. The van der Waals surface area contributed by atoms with Crippen LogP contribution in [0.5, 0.6) is 0 Å². The normalized spacial score (nSPS) is 47.4. The van der Waals surface area contributed by atoms with Gasteiger partial charge in [0.2, 0.25) is 0 Å². The Labute approximate surface area is 127 Å². The SMILES string of the molecule is C=C1CC[C@H]2[C@@H]3CC4(C[C@@H]3C[C@@H]2[C@H]1O)OCC(C)(C)CO4. The summed E-state index contributed by atoms with van der Waals surface area (Å²) in [4.78, 5) is 0. The van der Waals surface area contributed by atoms with E-state index >= 15 is 0 Å². The zero-order valence-electron chi connectivity index (χ0n) is 13.3. The van der Waals surface area contributed by atoms with Gasteiger partial charge in [0.15, 0.2) is 5.79 Å². The maximum absolute atomic E-state index is 10.4. The molecule has 0 bridgehead atoms. The Morgan fingerprint density at radius 2 is 1.81 bits per heavy atom. The molecular formula is C18H28O3. The van der Waals surface area contributed by atoms with Crippen molar-refractivity contribution in [3.8, 4) is 0 Å². The summed E-state index contributed by atoms with van der Waals surface area (Å²) in [5.74, 6) is 2.13. The van der Waals surface area contributed by atoms with Crippen LogP contribution < -0.4 is 0 Å². The summed E-state index contributed by atoms with van der Waals surface area (Å²) < 4.78 is 12.4. The average Bonchev–Trinajstić information content (AvgIpc) is 2.94. The van der Waals surface area contributed by atoms with Crippen LogP contribution in [0.25, 0.3) is 0 Å². The molecular weight excluding hydrogens is 264 g/mol. The van der Waals surface area contributed by atoms with Crippen LogP contribution in [0, 0.1) is 29.1 Å². The summed E-state index contributed by atoms with van der Waals surface area (Å²) in [6, 6.07) is 0. The van der Waals surface area contributed by atoms with Gasteiger partial charge in [0, 0.05) is 18.3 Å². The van der Waals surface area contributed by atoms with Gasteiger partial charge in [-0.3, -0.25) is 0 Å². The second-order valence-corrected chi connectivity index (χ2v) is 8.69. The van der Waals surface area contributed by atoms with Crippen LogP contribution in [-0.2, 0) is 9.47 Å². The number of fused-ring (bicyclic) bond motifs is 3. The van der Waals surface area contributed by atoms with Gasteiger partial charge in [0.25, 0.3) is 0 Å². The molecule has 0 amide bonds. The number of rotatable bonds is 0. The van der Waals surface area contributed by atoms with Crippen LogP contribution in [0.4, 0.5) is 0 Å². The highest BCUT2D eigenvalue weighted by Gasteiger charge is 2.58. The Morgan fingerprint density at radius 1 is 1.10 bits per heavy atom. The minimum Gasteiger partial charge on any atom is -0.388 e. The van der Waals surface area contributed by atoms with E-state index in [4.69, 9.17) is 9.47 Å². The summed E-state index contributed by atoms with van der Waals surface area (Å²) in [7, 11) is 0. The molecule has 5 atom stereocenters. The first-order chi connectivity index (χ1) is 9.89. The van der Waals surface area contributed by atoms with E-state index in [1.807, 2.05) is 0 Å². The lowest BCUT2D eigenvalue weighted by atomic mass is 9.73. The molecule has 21 heavy (non-hydrogen) atoms. The van der Waals surface area contributed by atoms with Crippen molar-refractivity contribution in [1.29, 1.82) is 0 Å². The molecule has 0 radical (unpaired) electrons. The van der Waals surface area contributed by atoms with E-state index in [0.29, 0.717) is 23.7 Å². The number of aliphatic hydroxyl groups is 1. The van der Waals surface area contributed by atoms with E-state index in [0.717, 1.165) is 44.5 Å². The van der Waals surface area contributed by atoms with E-state index in [2.05, 4.69) is 20.4 Å². The van der Waals surface area contributed by atoms with E-state index < -0.39 is 0 Å². The Bertz CT molecular complexity index is 445. The highest BCUT2D eigenvalue weighted by atomic mass is 16.7. The van der Waals surface area contributed by atoms with Gasteiger partial charge in [0.05, 0.1) is 19.3 Å². The lowest BCUT2D eigenvalue weighted by Gasteiger charge is -2.43. The molecule has 3 nitrogen and oxygen atoms in total. The van der Waals surface area contributed by atoms with Gasteiger partial charge in [0.1, 0.15) is 0 Å². The third-order valence-corrected chi connectivity index (χ3v) is 6.47. The van der Waals surface area contributed by atoms with Crippen molar-refractivity contribution in [2.45, 2.75) is 57.8 Å². The van der Waals surface area contributed by atoms with Gasteiger partial charge in [-0.2, -0.15) is 0 Å². The molecule has 118 valence electrons. The topological polar surface area (TPSA) is 38.7 Å². The van der Waals surface area contributed by atoms with Gasteiger partial charge in [-0.15, -0.1) is 0 Å². The summed E-state index contributed by atoms with van der Waals surface area (Å²) in [6.45, 7) is 10.1. The minimum atomic E-state index is -0.310. The predicted molar refractivity (Wildman–Crippen MR) is 80.6 cm³/mol. The molecule has 0 aromatic carbocycles. The Hall–Kier alpha value is -0.380. The molecule has 1 spiro atoms. The van der Waals surface area contributed by atoms with Crippen molar-refractivity contribution < 1.29 is 14.6 Å². The Morgan fingerprint density at radius 3 is 2.52 bits per heavy atom. The average molecular weight is 292 g/mol. The fraction of sp³-hybridized carbons (Fsp3) is 0.889. The number of aliphatic hydroxyl groups excluding tert-OH is 1. The molecule has 1 N–H and O–H groups in total. The van der Waals surface area contributed by atoms with Crippen LogP contribution in [0.3, 0.4) is 0 Å². The van der Waals surface area contributed by atoms with E-state index in [-0.39, 0.29) is 17.3 Å². The molecule has 3 aliphatic carbocycles. The molecule has 0 aromatic heterocycles. The van der Waals surface area contributed by atoms with Crippen molar-refractivity contribution in [3.63, 3.8) is 0 Å². The maximum Gasteiger partial charge on any atom is 0.168 e.